The number of nitrogens with one attached hydrogen (secondary N) is 1. The molecule has 16 heteroatoms. The van der Waals surface area contributed by atoms with Crippen LogP contribution >= 0.6 is 0 Å². The Morgan fingerprint density at radius 3 is 1.85 bits per heavy atom. The molecule has 1 rings (SSSR count). The van der Waals surface area contributed by atoms with Crippen LogP contribution in [0.15, 0.2) is 0 Å². The van der Waals surface area contributed by atoms with Crippen molar-refractivity contribution in [2.75, 3.05) is 13.2 Å². The fraction of sp³-hybridized carbons (Fsp3) is 0.667. The first-order valence-corrected chi connectivity index (χ1v) is 11.9. The van der Waals surface area contributed by atoms with E-state index in [-0.39, 0.29) is 0 Å². The van der Waals surface area contributed by atoms with Crippen molar-refractivity contribution in [3.8, 4) is 0 Å². The van der Waals surface area contributed by atoms with Gasteiger partial charge in [-0.3, -0.25) is 33.6 Å². The van der Waals surface area contributed by atoms with Gasteiger partial charge >= 0.3 is 41.6 Å². The first-order valence-electron chi connectivity index (χ1n) is 11.9. The van der Waals surface area contributed by atoms with Crippen LogP contribution in [0.1, 0.15) is 54.9 Å². The predicted molar refractivity (Wildman–Crippen MR) is 127 cm³/mol. The SMILES string of the molecule is CC(=O)COC(=O)[C@]1(OC(C)=O)C[C@H](OC(C)=O)[C@@H](NC(C)=O)[C@H]([C@H](OC(C)=O)[C@@H](COC(C)=O)OC(C)=O)O1. The fourth-order valence-electron chi connectivity index (χ4n) is 3.86. The van der Waals surface area contributed by atoms with Gasteiger partial charge in [0.25, 0.3) is 0 Å². The normalized spacial score (nSPS) is 23.3. The summed E-state index contributed by atoms with van der Waals surface area (Å²) in [7, 11) is 0. The maximum absolute atomic E-state index is 13.2. The van der Waals surface area contributed by atoms with Crippen molar-refractivity contribution >= 4 is 47.5 Å². The fourth-order valence-corrected chi connectivity index (χ4v) is 3.86. The Bertz CT molecular complexity index is 1020. The Kier molecular flexibility index (Phi) is 12.6. The smallest absolute Gasteiger partial charge is 0.380 e. The van der Waals surface area contributed by atoms with Crippen LogP contribution in [0.2, 0.25) is 0 Å². The third kappa shape index (κ3) is 10.6. The van der Waals surface area contributed by atoms with Crippen LogP contribution in [-0.4, -0.2) is 97.0 Å². The molecule has 1 amide bonds. The van der Waals surface area contributed by atoms with Crippen molar-refractivity contribution < 1.29 is 71.5 Å². The zero-order valence-electron chi connectivity index (χ0n) is 23.1. The van der Waals surface area contributed by atoms with Crippen molar-refractivity contribution in [3.05, 3.63) is 0 Å². The number of ketones is 1. The molecule has 0 unspecified atom stereocenters. The van der Waals surface area contributed by atoms with Crippen LogP contribution in [0.4, 0.5) is 0 Å². The van der Waals surface area contributed by atoms with Crippen molar-refractivity contribution in [2.45, 2.75) is 91.1 Å². The summed E-state index contributed by atoms with van der Waals surface area (Å²) >= 11 is 0. The van der Waals surface area contributed by atoms with Crippen LogP contribution in [0, 0.1) is 0 Å². The highest BCUT2D eigenvalue weighted by Gasteiger charge is 2.60. The van der Waals surface area contributed by atoms with Crippen LogP contribution in [0.25, 0.3) is 0 Å². The van der Waals surface area contributed by atoms with E-state index in [2.05, 4.69) is 5.32 Å². The number of ether oxygens (including phenoxy) is 7. The van der Waals surface area contributed by atoms with E-state index < -0.39 is 103 Å². The van der Waals surface area contributed by atoms with Gasteiger partial charge in [-0.15, -0.1) is 0 Å². The second kappa shape index (κ2) is 14.9. The molecule has 0 saturated carbocycles. The summed E-state index contributed by atoms with van der Waals surface area (Å²) in [4.78, 5) is 96.5. The lowest BCUT2D eigenvalue weighted by atomic mass is 9.88. The number of carbonyl (C=O) groups is 8. The lowest BCUT2D eigenvalue weighted by Crippen LogP contribution is -2.69. The van der Waals surface area contributed by atoms with Gasteiger partial charge in [-0.05, 0) is 6.92 Å². The molecule has 0 radical (unpaired) electrons. The summed E-state index contributed by atoms with van der Waals surface area (Å²) in [5.41, 5.74) is 0. The van der Waals surface area contributed by atoms with Crippen LogP contribution in [0.3, 0.4) is 0 Å². The molecule has 0 aromatic carbocycles. The topological polar surface area (TPSA) is 213 Å². The minimum atomic E-state index is -2.71. The molecule has 6 atom stereocenters. The van der Waals surface area contributed by atoms with E-state index in [4.69, 9.17) is 33.2 Å². The average molecular weight is 576 g/mol. The van der Waals surface area contributed by atoms with E-state index in [1.807, 2.05) is 0 Å². The average Bonchev–Trinajstić information content (AvgIpc) is 2.78. The molecule has 40 heavy (non-hydrogen) atoms. The number of hydrogen-bond acceptors (Lipinski definition) is 15. The molecule has 224 valence electrons. The van der Waals surface area contributed by atoms with E-state index in [1.165, 1.54) is 0 Å². The lowest BCUT2D eigenvalue weighted by molar-refractivity contribution is -0.304. The van der Waals surface area contributed by atoms with Gasteiger partial charge in [-0.2, -0.15) is 0 Å². The number of carbonyl (C=O) groups excluding carboxylic acids is 8. The van der Waals surface area contributed by atoms with Gasteiger partial charge in [0.15, 0.2) is 18.0 Å². The van der Waals surface area contributed by atoms with E-state index in [1.54, 1.807) is 0 Å². The second-order valence-corrected chi connectivity index (χ2v) is 8.81. The van der Waals surface area contributed by atoms with Gasteiger partial charge in [-0.1, -0.05) is 0 Å². The summed E-state index contributed by atoms with van der Waals surface area (Å²) in [6, 6.07) is -1.43. The standard InChI is InChI=1S/C24H33NO15/c1-11(26)9-35-23(33)24(39-17(7)32)8-18(36-14(4)29)20(25-12(2)27)22(40-24)21(38-16(6)31)19(37-15(5)30)10-34-13(3)28/h18-22H,8-10H2,1-7H3,(H,25,27)/t18-,19+,20+,21+,22+,24-/m0/s1. The number of rotatable bonds is 12. The van der Waals surface area contributed by atoms with E-state index >= 15 is 0 Å². The Balaban J connectivity index is 3.88. The predicted octanol–water partition coefficient (Wildman–Crippen LogP) is -0.970. The molecule has 1 aliphatic rings. The van der Waals surface area contributed by atoms with Gasteiger partial charge in [0.05, 0.1) is 12.5 Å². The number of amides is 1. The van der Waals surface area contributed by atoms with Crippen LogP contribution in [-0.2, 0) is 71.5 Å². The monoisotopic (exact) mass is 575 g/mol. The van der Waals surface area contributed by atoms with Gasteiger partial charge in [0.2, 0.25) is 5.91 Å². The minimum Gasteiger partial charge on any atom is -0.462 e. The van der Waals surface area contributed by atoms with E-state index in [0.29, 0.717) is 0 Å². The molecule has 0 aromatic rings. The van der Waals surface area contributed by atoms with E-state index in [0.717, 1.165) is 48.5 Å². The zero-order chi connectivity index (χ0) is 30.8. The molecule has 1 heterocycles. The Morgan fingerprint density at radius 1 is 0.800 bits per heavy atom. The minimum absolute atomic E-state index is 0.583. The summed E-state index contributed by atoms with van der Waals surface area (Å²) < 4.78 is 36.9. The molecule has 1 fully saturated rings. The molecule has 0 bridgehead atoms. The van der Waals surface area contributed by atoms with Crippen molar-refractivity contribution in [2.24, 2.45) is 0 Å². The maximum Gasteiger partial charge on any atom is 0.380 e. The molecule has 0 aromatic heterocycles. The third-order valence-electron chi connectivity index (χ3n) is 5.02. The first kappa shape index (κ1) is 33.9. The van der Waals surface area contributed by atoms with Crippen molar-refractivity contribution in [1.82, 2.24) is 5.32 Å². The highest BCUT2D eigenvalue weighted by atomic mass is 16.8. The van der Waals surface area contributed by atoms with Crippen LogP contribution < -0.4 is 5.32 Å². The van der Waals surface area contributed by atoms with Crippen molar-refractivity contribution in [1.29, 1.82) is 0 Å². The largest absolute Gasteiger partial charge is 0.462 e. The summed E-state index contributed by atoms with van der Waals surface area (Å²) in [6.45, 7) is 5.74. The second-order valence-electron chi connectivity index (χ2n) is 8.81. The Morgan fingerprint density at radius 2 is 1.40 bits per heavy atom. The van der Waals surface area contributed by atoms with Gasteiger partial charge in [-0.25, -0.2) is 4.79 Å². The molecular formula is C24H33NO15. The Labute approximate surface area is 229 Å². The molecule has 0 aliphatic carbocycles. The highest BCUT2D eigenvalue weighted by molar-refractivity contribution is 5.85. The van der Waals surface area contributed by atoms with Crippen LogP contribution in [0.5, 0.6) is 0 Å². The molecule has 16 nitrogen and oxygen atoms in total. The van der Waals surface area contributed by atoms with E-state index in [9.17, 15) is 38.4 Å². The third-order valence-corrected chi connectivity index (χ3v) is 5.02. The Hall–Kier alpha value is -4.08. The molecule has 1 saturated heterocycles. The highest BCUT2D eigenvalue weighted by Crippen LogP contribution is 2.37. The quantitative estimate of drug-likeness (QED) is 0.219. The lowest BCUT2D eigenvalue weighted by Gasteiger charge is -2.48. The number of hydrogen-bond donors (Lipinski definition) is 1. The number of esters is 6. The first-order chi connectivity index (χ1) is 18.5. The molecular weight excluding hydrogens is 542 g/mol. The van der Waals surface area contributed by atoms with Gasteiger partial charge < -0.3 is 38.5 Å². The zero-order valence-corrected chi connectivity index (χ0v) is 23.1. The number of Topliss-reactive ketones (excluding diaryl/α,β-unsaturated/α-hetero) is 1. The molecule has 1 aliphatic heterocycles. The summed E-state index contributed by atoms with van der Waals surface area (Å²) in [5.74, 6) is -10.0. The maximum atomic E-state index is 13.2. The van der Waals surface area contributed by atoms with Crippen molar-refractivity contribution in [3.63, 3.8) is 0 Å². The summed E-state index contributed by atoms with van der Waals surface area (Å²) in [5, 5.41) is 2.47. The van der Waals surface area contributed by atoms with Gasteiger partial charge in [0, 0.05) is 41.5 Å². The molecule has 1 N–H and O–H groups in total. The summed E-state index contributed by atoms with van der Waals surface area (Å²) in [6.07, 6.45) is -7.40. The molecule has 0 spiro atoms. The van der Waals surface area contributed by atoms with Gasteiger partial charge in [0.1, 0.15) is 25.4 Å².